The third kappa shape index (κ3) is 3.18. The number of aromatic nitrogens is 2. The van der Waals surface area contributed by atoms with Gasteiger partial charge in [-0.15, -0.1) is 0 Å². The molecule has 0 spiro atoms. The normalized spacial score (nSPS) is 14.0. The summed E-state index contributed by atoms with van der Waals surface area (Å²) in [5.41, 5.74) is 3.02. The van der Waals surface area contributed by atoms with Crippen molar-refractivity contribution < 1.29 is 18.9 Å². The van der Waals surface area contributed by atoms with Crippen LogP contribution >= 0.6 is 0 Å². The van der Waals surface area contributed by atoms with Crippen LogP contribution in [0.2, 0.25) is 0 Å². The van der Waals surface area contributed by atoms with Gasteiger partial charge in [0.2, 0.25) is 0 Å². The summed E-state index contributed by atoms with van der Waals surface area (Å²) in [6.07, 6.45) is 0.0989. The number of aromatic amines is 1. The molecule has 3 aromatic rings. The highest BCUT2D eigenvalue weighted by atomic mass is 16.6. The quantitative estimate of drug-likeness (QED) is 0.730. The Morgan fingerprint density at radius 3 is 2.36 bits per heavy atom. The standard InChI is InChI=1S/C21H22N2O5/c1-11-5-13(6-12(2)19(11)28-15-9-27-10-15)20-22-16-7-14(25-3)8-17(26-4)18(16)21(24)23-20/h5-8,15H,9-10H2,1-4H3,(H,22,23,24). The number of fused-ring (bicyclic) bond motifs is 1. The number of ether oxygens (including phenoxy) is 4. The van der Waals surface area contributed by atoms with Gasteiger partial charge in [0.1, 0.15) is 34.6 Å². The summed E-state index contributed by atoms with van der Waals surface area (Å²) < 4.78 is 21.8. The molecule has 0 radical (unpaired) electrons. The first kappa shape index (κ1) is 18.3. The first-order chi connectivity index (χ1) is 13.5. The summed E-state index contributed by atoms with van der Waals surface area (Å²) in [4.78, 5) is 20.2. The lowest BCUT2D eigenvalue weighted by molar-refractivity contribution is -0.0801. The van der Waals surface area contributed by atoms with Crippen LogP contribution in [0.5, 0.6) is 17.2 Å². The summed E-state index contributed by atoms with van der Waals surface area (Å²) in [6, 6.07) is 7.32. The first-order valence-corrected chi connectivity index (χ1v) is 9.02. The highest BCUT2D eigenvalue weighted by Gasteiger charge is 2.22. The summed E-state index contributed by atoms with van der Waals surface area (Å²) >= 11 is 0. The minimum atomic E-state index is -0.262. The molecule has 1 saturated heterocycles. The van der Waals surface area contributed by atoms with Gasteiger partial charge in [-0.3, -0.25) is 4.79 Å². The maximum atomic E-state index is 12.7. The molecule has 7 nitrogen and oxygen atoms in total. The van der Waals surface area contributed by atoms with Crippen LogP contribution < -0.4 is 19.8 Å². The molecule has 0 bridgehead atoms. The van der Waals surface area contributed by atoms with E-state index in [1.54, 1.807) is 19.2 Å². The van der Waals surface area contributed by atoms with Gasteiger partial charge in [-0.2, -0.15) is 0 Å². The van der Waals surface area contributed by atoms with E-state index >= 15 is 0 Å². The van der Waals surface area contributed by atoms with Crippen molar-refractivity contribution >= 4 is 10.9 Å². The van der Waals surface area contributed by atoms with Crippen molar-refractivity contribution in [2.45, 2.75) is 20.0 Å². The molecule has 146 valence electrons. The third-order valence-corrected chi connectivity index (χ3v) is 4.83. The van der Waals surface area contributed by atoms with Crippen molar-refractivity contribution in [3.63, 3.8) is 0 Å². The molecule has 4 rings (SSSR count). The number of H-pyrrole nitrogens is 1. The fourth-order valence-electron chi connectivity index (χ4n) is 3.35. The number of hydrogen-bond acceptors (Lipinski definition) is 6. The van der Waals surface area contributed by atoms with Gasteiger partial charge in [-0.1, -0.05) is 0 Å². The fraction of sp³-hybridized carbons (Fsp3) is 0.333. The minimum absolute atomic E-state index is 0.0989. The van der Waals surface area contributed by atoms with Crippen LogP contribution in [0.1, 0.15) is 11.1 Å². The summed E-state index contributed by atoms with van der Waals surface area (Å²) in [6.45, 7) is 5.20. The second-order valence-corrected chi connectivity index (χ2v) is 6.85. The molecule has 0 aliphatic carbocycles. The van der Waals surface area contributed by atoms with Crippen LogP contribution in [0.4, 0.5) is 0 Å². The molecular formula is C21H22N2O5. The van der Waals surface area contributed by atoms with Crippen molar-refractivity contribution in [3.05, 3.63) is 45.7 Å². The average molecular weight is 382 g/mol. The Morgan fingerprint density at radius 2 is 1.79 bits per heavy atom. The Hall–Kier alpha value is -3.06. The minimum Gasteiger partial charge on any atom is -0.497 e. The molecular weight excluding hydrogens is 360 g/mol. The SMILES string of the molecule is COc1cc(OC)c2c(=O)[nH]c(-c3cc(C)c(OC4COC4)c(C)c3)nc2c1. The van der Waals surface area contributed by atoms with Gasteiger partial charge in [0.25, 0.3) is 5.56 Å². The number of rotatable bonds is 5. The highest BCUT2D eigenvalue weighted by Crippen LogP contribution is 2.32. The van der Waals surface area contributed by atoms with Gasteiger partial charge in [0, 0.05) is 17.7 Å². The average Bonchev–Trinajstić information content (AvgIpc) is 2.64. The third-order valence-electron chi connectivity index (χ3n) is 4.83. The van der Waals surface area contributed by atoms with Crippen molar-refractivity contribution in [3.8, 4) is 28.6 Å². The molecule has 0 amide bonds. The van der Waals surface area contributed by atoms with Crippen LogP contribution in [0, 0.1) is 13.8 Å². The largest absolute Gasteiger partial charge is 0.497 e. The van der Waals surface area contributed by atoms with E-state index in [0.29, 0.717) is 41.4 Å². The van der Waals surface area contributed by atoms with E-state index < -0.39 is 0 Å². The number of nitrogens with zero attached hydrogens (tertiary/aromatic N) is 1. The zero-order valence-corrected chi connectivity index (χ0v) is 16.3. The van der Waals surface area contributed by atoms with Gasteiger partial charge in [-0.25, -0.2) is 4.98 Å². The van der Waals surface area contributed by atoms with Crippen LogP contribution in [0.15, 0.2) is 29.1 Å². The number of hydrogen-bond donors (Lipinski definition) is 1. The highest BCUT2D eigenvalue weighted by molar-refractivity contribution is 5.87. The predicted octanol–water partition coefficient (Wildman–Crippen LogP) is 3.00. The molecule has 1 N–H and O–H groups in total. The smallest absolute Gasteiger partial charge is 0.262 e. The van der Waals surface area contributed by atoms with Crippen LogP contribution in [-0.2, 0) is 4.74 Å². The van der Waals surface area contributed by atoms with E-state index in [4.69, 9.17) is 18.9 Å². The summed E-state index contributed by atoms with van der Waals surface area (Å²) in [5, 5.41) is 0.394. The van der Waals surface area contributed by atoms with Gasteiger partial charge in [-0.05, 0) is 37.1 Å². The Bertz CT molecular complexity index is 1080. The number of methoxy groups -OCH3 is 2. The van der Waals surface area contributed by atoms with Crippen molar-refractivity contribution in [2.24, 2.45) is 0 Å². The monoisotopic (exact) mass is 382 g/mol. The molecule has 1 aliphatic rings. The van der Waals surface area contributed by atoms with E-state index in [1.807, 2.05) is 26.0 Å². The summed E-state index contributed by atoms with van der Waals surface area (Å²) in [7, 11) is 3.08. The van der Waals surface area contributed by atoms with E-state index in [2.05, 4.69) is 9.97 Å². The van der Waals surface area contributed by atoms with Crippen molar-refractivity contribution in [2.75, 3.05) is 27.4 Å². The Morgan fingerprint density at radius 1 is 1.07 bits per heavy atom. The second-order valence-electron chi connectivity index (χ2n) is 6.85. The van der Waals surface area contributed by atoms with Gasteiger partial charge >= 0.3 is 0 Å². The number of aryl methyl sites for hydroxylation is 2. The van der Waals surface area contributed by atoms with Gasteiger partial charge < -0.3 is 23.9 Å². The molecule has 2 aromatic carbocycles. The lowest BCUT2D eigenvalue weighted by Gasteiger charge is -2.28. The molecule has 1 aromatic heterocycles. The number of nitrogens with one attached hydrogen (secondary N) is 1. The zero-order chi connectivity index (χ0) is 19.8. The second kappa shape index (κ2) is 7.16. The molecule has 0 saturated carbocycles. The molecule has 1 fully saturated rings. The van der Waals surface area contributed by atoms with Crippen molar-refractivity contribution in [1.29, 1.82) is 0 Å². The molecule has 0 unspecified atom stereocenters. The van der Waals surface area contributed by atoms with Crippen molar-refractivity contribution in [1.82, 2.24) is 9.97 Å². The van der Waals surface area contributed by atoms with E-state index in [9.17, 15) is 4.79 Å². The molecule has 7 heteroatoms. The first-order valence-electron chi connectivity index (χ1n) is 9.02. The van der Waals surface area contributed by atoms with Crippen LogP contribution in [0.25, 0.3) is 22.3 Å². The number of benzene rings is 2. The van der Waals surface area contributed by atoms with Crippen LogP contribution in [0.3, 0.4) is 0 Å². The Labute approximate surface area is 162 Å². The molecule has 2 heterocycles. The Kier molecular flexibility index (Phi) is 4.68. The zero-order valence-electron chi connectivity index (χ0n) is 16.3. The fourth-order valence-corrected chi connectivity index (χ4v) is 3.35. The maximum absolute atomic E-state index is 12.7. The van der Waals surface area contributed by atoms with Crippen LogP contribution in [-0.4, -0.2) is 43.5 Å². The maximum Gasteiger partial charge on any atom is 0.262 e. The Balaban J connectivity index is 1.81. The molecule has 28 heavy (non-hydrogen) atoms. The van der Waals surface area contributed by atoms with E-state index in [-0.39, 0.29) is 11.7 Å². The van der Waals surface area contributed by atoms with Gasteiger partial charge in [0.15, 0.2) is 0 Å². The predicted molar refractivity (Wildman–Crippen MR) is 106 cm³/mol. The topological polar surface area (TPSA) is 82.7 Å². The van der Waals surface area contributed by atoms with Gasteiger partial charge in [0.05, 0.1) is 33.0 Å². The lowest BCUT2D eigenvalue weighted by atomic mass is 10.0. The van der Waals surface area contributed by atoms with E-state index in [0.717, 1.165) is 22.4 Å². The lowest BCUT2D eigenvalue weighted by Crippen LogP contribution is -2.38. The molecule has 0 atom stereocenters. The summed E-state index contributed by atoms with van der Waals surface area (Å²) in [5.74, 6) is 2.33. The van der Waals surface area contributed by atoms with E-state index in [1.165, 1.54) is 7.11 Å². The molecule has 1 aliphatic heterocycles.